The first kappa shape index (κ1) is 16.2. The fourth-order valence-corrected chi connectivity index (χ4v) is 4.22. The molecule has 4 rings (SSSR count). The van der Waals surface area contributed by atoms with E-state index >= 15 is 0 Å². The van der Waals surface area contributed by atoms with Crippen molar-refractivity contribution in [1.29, 1.82) is 0 Å². The molecule has 0 N–H and O–H groups in total. The molecule has 4 heterocycles. The largest absolute Gasteiger partial charge is 0.467 e. The van der Waals surface area contributed by atoms with E-state index in [9.17, 15) is 4.79 Å². The van der Waals surface area contributed by atoms with Crippen LogP contribution >= 0.6 is 23.1 Å². The highest BCUT2D eigenvalue weighted by atomic mass is 32.2. The summed E-state index contributed by atoms with van der Waals surface area (Å²) in [5, 5.41) is 8.98. The second-order valence-electron chi connectivity index (χ2n) is 5.61. The molecule has 0 radical (unpaired) electrons. The number of thiophene rings is 1. The minimum absolute atomic E-state index is 0.0547. The van der Waals surface area contributed by atoms with Crippen LogP contribution in [-0.4, -0.2) is 31.9 Å². The van der Waals surface area contributed by atoms with Crippen molar-refractivity contribution in [2.24, 2.45) is 12.1 Å². The van der Waals surface area contributed by atoms with Gasteiger partial charge in [-0.2, -0.15) is 5.10 Å². The number of nitrogens with zero attached hydrogens (tertiary/aromatic N) is 4. The minimum atomic E-state index is -0.193. The molecule has 0 saturated carbocycles. The van der Waals surface area contributed by atoms with Crippen LogP contribution in [0.15, 0.2) is 63.0 Å². The van der Waals surface area contributed by atoms with Crippen molar-refractivity contribution in [3.05, 3.63) is 58.9 Å². The smallest absolute Gasteiger partial charge is 0.253 e. The third-order valence-corrected chi connectivity index (χ3v) is 5.91. The van der Waals surface area contributed by atoms with E-state index in [4.69, 9.17) is 4.42 Å². The molecule has 1 amide bonds. The van der Waals surface area contributed by atoms with E-state index < -0.39 is 0 Å². The maximum Gasteiger partial charge on any atom is 0.253 e. The molecular formula is C17H16N4O2S2. The lowest BCUT2D eigenvalue weighted by atomic mass is 10.1. The highest BCUT2D eigenvalue weighted by molar-refractivity contribution is 7.99. The summed E-state index contributed by atoms with van der Waals surface area (Å²) in [7, 11) is 1.91. The molecule has 0 aromatic carbocycles. The van der Waals surface area contributed by atoms with Gasteiger partial charge in [0.25, 0.3) is 5.91 Å². The summed E-state index contributed by atoms with van der Waals surface area (Å²) < 4.78 is 7.44. The van der Waals surface area contributed by atoms with E-state index in [-0.39, 0.29) is 17.7 Å². The maximum absolute atomic E-state index is 12.8. The van der Waals surface area contributed by atoms with Crippen molar-refractivity contribution < 1.29 is 9.21 Å². The number of hydrazone groups is 1. The van der Waals surface area contributed by atoms with E-state index in [0.29, 0.717) is 6.42 Å². The number of imidazole rings is 1. The lowest BCUT2D eigenvalue weighted by molar-refractivity contribution is -0.130. The summed E-state index contributed by atoms with van der Waals surface area (Å²) in [6.45, 7) is 0. The third kappa shape index (κ3) is 3.27. The molecule has 3 aromatic heterocycles. The molecule has 0 fully saturated rings. The summed E-state index contributed by atoms with van der Waals surface area (Å²) in [5.41, 5.74) is 0.923. The zero-order chi connectivity index (χ0) is 17.2. The van der Waals surface area contributed by atoms with E-state index in [1.165, 1.54) is 11.8 Å². The van der Waals surface area contributed by atoms with Gasteiger partial charge < -0.3 is 8.98 Å². The van der Waals surface area contributed by atoms with Gasteiger partial charge in [-0.05, 0) is 23.6 Å². The number of carbonyl (C=O) groups excluding carboxylic acids is 1. The van der Waals surface area contributed by atoms with E-state index in [0.717, 1.165) is 21.5 Å². The molecule has 1 atom stereocenters. The Morgan fingerprint density at radius 2 is 2.36 bits per heavy atom. The molecule has 25 heavy (non-hydrogen) atoms. The SMILES string of the molecule is Cn1ccnc1SCC(=O)N1N=C(c2cccs2)CC1c1ccco1. The van der Waals surface area contributed by atoms with Crippen LogP contribution in [0, 0.1) is 0 Å². The highest BCUT2D eigenvalue weighted by Crippen LogP contribution is 2.34. The summed E-state index contributed by atoms with van der Waals surface area (Å²) in [6, 6.07) is 7.56. The summed E-state index contributed by atoms with van der Waals surface area (Å²) in [6.07, 6.45) is 5.87. The Labute approximate surface area is 153 Å². The molecule has 1 aliphatic rings. The van der Waals surface area contributed by atoms with Gasteiger partial charge in [-0.25, -0.2) is 9.99 Å². The van der Waals surface area contributed by atoms with Crippen LogP contribution in [0.4, 0.5) is 0 Å². The number of thioether (sulfide) groups is 1. The molecule has 3 aromatic rings. The van der Waals surface area contributed by atoms with Crippen LogP contribution in [0.3, 0.4) is 0 Å². The van der Waals surface area contributed by atoms with Crippen LogP contribution in [-0.2, 0) is 11.8 Å². The lowest BCUT2D eigenvalue weighted by Gasteiger charge is -2.19. The predicted molar refractivity (Wildman–Crippen MR) is 97.7 cm³/mol. The molecule has 128 valence electrons. The van der Waals surface area contributed by atoms with Gasteiger partial charge in [0, 0.05) is 25.9 Å². The number of rotatable bonds is 5. The average molecular weight is 372 g/mol. The summed E-state index contributed by atoms with van der Waals surface area (Å²) in [4.78, 5) is 18.1. The number of aryl methyl sites for hydroxylation is 1. The molecule has 0 saturated heterocycles. The average Bonchev–Trinajstić information content (AvgIpc) is 3.38. The van der Waals surface area contributed by atoms with Gasteiger partial charge in [-0.15, -0.1) is 11.3 Å². The van der Waals surface area contributed by atoms with Crippen LogP contribution in [0.2, 0.25) is 0 Å². The van der Waals surface area contributed by atoms with Gasteiger partial charge >= 0.3 is 0 Å². The van der Waals surface area contributed by atoms with Crippen LogP contribution in [0.5, 0.6) is 0 Å². The Morgan fingerprint density at radius 3 is 3.04 bits per heavy atom. The molecule has 0 bridgehead atoms. The second kappa shape index (κ2) is 6.89. The van der Waals surface area contributed by atoms with Crippen LogP contribution in [0.1, 0.15) is 23.1 Å². The second-order valence-corrected chi connectivity index (χ2v) is 7.50. The molecule has 0 aliphatic carbocycles. The standard InChI is InChI=1S/C17H16N4O2S2/c1-20-7-6-18-17(20)25-11-16(22)21-13(14-4-2-8-23-14)10-12(19-21)15-5-3-9-24-15/h2-9,13H,10-11H2,1H3. The fourth-order valence-electron chi connectivity index (χ4n) is 2.72. The topological polar surface area (TPSA) is 63.6 Å². The number of amides is 1. The van der Waals surface area contributed by atoms with Crippen molar-refractivity contribution in [1.82, 2.24) is 14.6 Å². The molecule has 8 heteroatoms. The fraction of sp³-hybridized carbons (Fsp3) is 0.235. The van der Waals surface area contributed by atoms with Gasteiger partial charge in [0.15, 0.2) is 5.16 Å². The van der Waals surface area contributed by atoms with Crippen molar-refractivity contribution in [2.75, 3.05) is 5.75 Å². The predicted octanol–water partition coefficient (Wildman–Crippen LogP) is 3.54. The number of hydrogen-bond donors (Lipinski definition) is 0. The van der Waals surface area contributed by atoms with E-state index in [1.807, 2.05) is 47.5 Å². The Bertz CT molecular complexity index is 884. The van der Waals surface area contributed by atoms with Crippen molar-refractivity contribution in [3.63, 3.8) is 0 Å². The Morgan fingerprint density at radius 1 is 1.44 bits per heavy atom. The van der Waals surface area contributed by atoms with Gasteiger partial charge in [0.05, 0.1) is 22.6 Å². The Kier molecular flexibility index (Phi) is 4.46. The zero-order valence-electron chi connectivity index (χ0n) is 13.5. The first-order valence-corrected chi connectivity index (χ1v) is 9.66. The van der Waals surface area contributed by atoms with Gasteiger partial charge in [0.1, 0.15) is 11.8 Å². The third-order valence-electron chi connectivity index (χ3n) is 3.94. The molecule has 1 unspecified atom stereocenters. The van der Waals surface area contributed by atoms with Crippen LogP contribution < -0.4 is 0 Å². The quantitative estimate of drug-likeness (QED) is 0.643. The first-order valence-electron chi connectivity index (χ1n) is 7.79. The monoisotopic (exact) mass is 372 g/mol. The summed E-state index contributed by atoms with van der Waals surface area (Å²) >= 11 is 3.04. The van der Waals surface area contributed by atoms with Crippen molar-refractivity contribution in [3.8, 4) is 0 Å². The van der Waals surface area contributed by atoms with Gasteiger partial charge in [-0.1, -0.05) is 17.8 Å². The maximum atomic E-state index is 12.8. The van der Waals surface area contributed by atoms with E-state index in [1.54, 1.807) is 28.8 Å². The highest BCUT2D eigenvalue weighted by Gasteiger charge is 2.35. The number of aromatic nitrogens is 2. The number of hydrogen-bond acceptors (Lipinski definition) is 6. The van der Waals surface area contributed by atoms with Crippen molar-refractivity contribution in [2.45, 2.75) is 17.6 Å². The number of furan rings is 1. The zero-order valence-corrected chi connectivity index (χ0v) is 15.2. The normalized spacial score (nSPS) is 17.1. The van der Waals surface area contributed by atoms with Gasteiger partial charge in [-0.3, -0.25) is 4.79 Å². The molecule has 0 spiro atoms. The molecule has 1 aliphatic heterocycles. The number of carbonyl (C=O) groups is 1. The summed E-state index contributed by atoms with van der Waals surface area (Å²) in [5.74, 6) is 0.982. The van der Waals surface area contributed by atoms with Gasteiger partial charge in [0.2, 0.25) is 0 Å². The van der Waals surface area contributed by atoms with Crippen LogP contribution in [0.25, 0.3) is 0 Å². The van der Waals surface area contributed by atoms with E-state index in [2.05, 4.69) is 10.1 Å². The minimum Gasteiger partial charge on any atom is -0.467 e. The lowest BCUT2D eigenvalue weighted by Crippen LogP contribution is -2.28. The Balaban J connectivity index is 1.55. The van der Waals surface area contributed by atoms with Crippen molar-refractivity contribution >= 4 is 34.7 Å². The molecule has 6 nitrogen and oxygen atoms in total. The molecular weight excluding hydrogens is 356 g/mol. The first-order chi connectivity index (χ1) is 12.2. The Hall–Kier alpha value is -2.32.